The lowest BCUT2D eigenvalue weighted by Gasteiger charge is -2.34. The van der Waals surface area contributed by atoms with E-state index >= 15 is 0 Å². The number of ether oxygens (including phenoxy) is 1. The van der Waals surface area contributed by atoms with Crippen molar-refractivity contribution in [2.45, 2.75) is 6.04 Å². The Balaban J connectivity index is 1.59. The first-order valence-corrected chi connectivity index (χ1v) is 9.75. The molecule has 2 N–H and O–H groups in total. The molecule has 0 spiro atoms. The van der Waals surface area contributed by atoms with Gasteiger partial charge in [0.15, 0.2) is 0 Å². The monoisotopic (exact) mass is 411 g/mol. The van der Waals surface area contributed by atoms with E-state index in [0.29, 0.717) is 19.8 Å². The maximum absolute atomic E-state index is 13.2. The average molecular weight is 412 g/mol. The number of nitrogens with zero attached hydrogens (tertiary/aromatic N) is 1. The smallest absolute Gasteiger partial charge is 0.313 e. The number of hydrogen-bond donors (Lipinski definition) is 2. The number of carbonyl (C=O) groups is 2. The average Bonchev–Trinajstić information content (AvgIpc) is 3.20. The Morgan fingerprint density at radius 3 is 2.70 bits per heavy atom. The number of anilines is 1. The van der Waals surface area contributed by atoms with E-state index in [4.69, 9.17) is 16.3 Å². The van der Waals surface area contributed by atoms with Crippen LogP contribution in [0.4, 0.5) is 10.1 Å². The molecule has 0 saturated carbocycles. The second-order valence-electron chi connectivity index (χ2n) is 6.01. The van der Waals surface area contributed by atoms with Gasteiger partial charge in [-0.3, -0.25) is 14.5 Å². The molecule has 1 fully saturated rings. The van der Waals surface area contributed by atoms with Crippen molar-refractivity contribution in [2.24, 2.45) is 0 Å². The molecule has 3 rings (SSSR count). The minimum atomic E-state index is -0.830. The SMILES string of the molecule is O=C(NC[C@H](c1ccsc1)N1CCOCC1)C(=O)Nc1ccc(F)c(Cl)c1. The standard InChI is InChI=1S/C18H19ClFN3O3S/c19-14-9-13(1-2-15(14)20)22-18(25)17(24)21-10-16(12-3-8-27-11-12)23-4-6-26-7-5-23/h1-3,8-9,11,16H,4-7,10H2,(H,21,24)(H,22,25)/t16-/m1/s1. The predicted molar refractivity (Wildman–Crippen MR) is 103 cm³/mol. The number of thiophene rings is 1. The molecule has 0 unspecified atom stereocenters. The van der Waals surface area contributed by atoms with Crippen molar-refractivity contribution in [3.05, 3.63) is 51.4 Å². The van der Waals surface area contributed by atoms with Gasteiger partial charge in [0.25, 0.3) is 0 Å². The van der Waals surface area contributed by atoms with E-state index in [1.807, 2.05) is 16.8 Å². The highest BCUT2D eigenvalue weighted by molar-refractivity contribution is 7.08. The van der Waals surface area contributed by atoms with Crippen molar-refractivity contribution in [1.29, 1.82) is 0 Å². The zero-order chi connectivity index (χ0) is 19.2. The molecule has 2 amide bonds. The van der Waals surface area contributed by atoms with Gasteiger partial charge in [-0.15, -0.1) is 0 Å². The summed E-state index contributed by atoms with van der Waals surface area (Å²) in [6.07, 6.45) is 0. The fourth-order valence-corrected chi connectivity index (χ4v) is 3.73. The third-order valence-corrected chi connectivity index (χ3v) is 5.25. The molecule has 1 aliphatic rings. The number of hydrogen-bond acceptors (Lipinski definition) is 5. The maximum atomic E-state index is 13.2. The summed E-state index contributed by atoms with van der Waals surface area (Å²) in [7, 11) is 0. The van der Waals surface area contributed by atoms with Crippen molar-refractivity contribution < 1.29 is 18.7 Å². The Bertz CT molecular complexity index is 797. The molecule has 9 heteroatoms. The number of halogens is 2. The Morgan fingerprint density at radius 1 is 1.26 bits per heavy atom. The number of carbonyl (C=O) groups excluding carboxylic acids is 2. The molecule has 0 bridgehead atoms. The van der Waals surface area contributed by atoms with Crippen molar-refractivity contribution in [3.63, 3.8) is 0 Å². The first-order chi connectivity index (χ1) is 13.0. The number of benzene rings is 1. The van der Waals surface area contributed by atoms with Crippen LogP contribution in [0.1, 0.15) is 11.6 Å². The van der Waals surface area contributed by atoms with Crippen LogP contribution in [0.3, 0.4) is 0 Å². The van der Waals surface area contributed by atoms with Crippen molar-refractivity contribution in [3.8, 4) is 0 Å². The first kappa shape index (κ1) is 19.8. The molecule has 6 nitrogen and oxygen atoms in total. The Morgan fingerprint density at radius 2 is 2.04 bits per heavy atom. The lowest BCUT2D eigenvalue weighted by atomic mass is 10.1. The van der Waals surface area contributed by atoms with Crippen LogP contribution in [0.2, 0.25) is 5.02 Å². The third-order valence-electron chi connectivity index (χ3n) is 4.25. The van der Waals surface area contributed by atoms with E-state index in [0.717, 1.165) is 24.7 Å². The molecule has 144 valence electrons. The van der Waals surface area contributed by atoms with Gasteiger partial charge >= 0.3 is 11.8 Å². The Labute approximate surface area is 165 Å². The molecule has 27 heavy (non-hydrogen) atoms. The van der Waals surface area contributed by atoms with Crippen LogP contribution in [-0.4, -0.2) is 49.6 Å². The number of morpholine rings is 1. The summed E-state index contributed by atoms with van der Waals surface area (Å²) in [5.41, 5.74) is 1.34. The molecule has 2 heterocycles. The van der Waals surface area contributed by atoms with Gasteiger partial charge in [-0.05, 0) is 40.6 Å². The van der Waals surface area contributed by atoms with Gasteiger partial charge in [-0.1, -0.05) is 11.6 Å². The molecular weight excluding hydrogens is 393 g/mol. The second kappa shape index (κ2) is 9.27. The van der Waals surface area contributed by atoms with Crippen LogP contribution in [0, 0.1) is 5.82 Å². The minimum Gasteiger partial charge on any atom is -0.379 e. The Kier molecular flexibility index (Phi) is 6.78. The number of nitrogens with one attached hydrogen (secondary N) is 2. The highest BCUT2D eigenvalue weighted by Crippen LogP contribution is 2.23. The molecule has 1 aromatic heterocycles. The Hall–Kier alpha value is -2.00. The summed E-state index contributed by atoms with van der Waals surface area (Å²) in [5.74, 6) is -2.18. The summed E-state index contributed by atoms with van der Waals surface area (Å²) >= 11 is 7.26. The van der Waals surface area contributed by atoms with Crippen molar-refractivity contribution in [1.82, 2.24) is 10.2 Å². The molecule has 0 aliphatic carbocycles. The molecular formula is C18H19ClFN3O3S. The zero-order valence-electron chi connectivity index (χ0n) is 14.4. The maximum Gasteiger partial charge on any atom is 0.313 e. The molecule has 2 aromatic rings. The van der Waals surface area contributed by atoms with E-state index in [9.17, 15) is 14.0 Å². The largest absolute Gasteiger partial charge is 0.379 e. The fraction of sp³-hybridized carbons (Fsp3) is 0.333. The first-order valence-electron chi connectivity index (χ1n) is 8.42. The normalized spacial score (nSPS) is 15.9. The summed E-state index contributed by atoms with van der Waals surface area (Å²) in [6, 6.07) is 5.70. The minimum absolute atomic E-state index is 0.0304. The van der Waals surface area contributed by atoms with Crippen LogP contribution >= 0.6 is 22.9 Å². The quantitative estimate of drug-likeness (QED) is 0.742. The summed E-state index contributed by atoms with van der Waals surface area (Å²) in [6.45, 7) is 3.10. The molecule has 1 atom stereocenters. The van der Waals surface area contributed by atoms with E-state index in [1.54, 1.807) is 11.3 Å². The summed E-state index contributed by atoms with van der Waals surface area (Å²) in [5, 5.41) is 8.98. The zero-order valence-corrected chi connectivity index (χ0v) is 16.0. The molecule has 1 saturated heterocycles. The third kappa shape index (κ3) is 5.26. The fourth-order valence-electron chi connectivity index (χ4n) is 2.84. The van der Waals surface area contributed by atoms with Crippen LogP contribution in [-0.2, 0) is 14.3 Å². The van der Waals surface area contributed by atoms with Crippen LogP contribution in [0.25, 0.3) is 0 Å². The van der Waals surface area contributed by atoms with Gasteiger partial charge < -0.3 is 15.4 Å². The van der Waals surface area contributed by atoms with Gasteiger partial charge in [0.05, 0.1) is 24.3 Å². The van der Waals surface area contributed by atoms with Crippen LogP contribution < -0.4 is 10.6 Å². The topological polar surface area (TPSA) is 70.7 Å². The van der Waals surface area contributed by atoms with E-state index in [1.165, 1.54) is 12.1 Å². The summed E-state index contributed by atoms with van der Waals surface area (Å²) in [4.78, 5) is 26.5. The van der Waals surface area contributed by atoms with Crippen molar-refractivity contribution >= 4 is 40.4 Å². The van der Waals surface area contributed by atoms with E-state index in [2.05, 4.69) is 15.5 Å². The molecule has 1 aliphatic heterocycles. The molecule has 1 aromatic carbocycles. The highest BCUT2D eigenvalue weighted by Gasteiger charge is 2.24. The number of rotatable bonds is 5. The van der Waals surface area contributed by atoms with Gasteiger partial charge in [-0.2, -0.15) is 11.3 Å². The van der Waals surface area contributed by atoms with Crippen LogP contribution in [0.5, 0.6) is 0 Å². The van der Waals surface area contributed by atoms with Crippen LogP contribution in [0.15, 0.2) is 35.0 Å². The van der Waals surface area contributed by atoms with Crippen molar-refractivity contribution in [2.75, 3.05) is 38.2 Å². The summed E-state index contributed by atoms with van der Waals surface area (Å²) < 4.78 is 18.6. The van der Waals surface area contributed by atoms with E-state index in [-0.39, 0.29) is 16.8 Å². The van der Waals surface area contributed by atoms with E-state index < -0.39 is 17.6 Å². The van der Waals surface area contributed by atoms with Gasteiger partial charge in [-0.25, -0.2) is 4.39 Å². The predicted octanol–water partition coefficient (Wildman–Crippen LogP) is 2.67. The van der Waals surface area contributed by atoms with Gasteiger partial charge in [0.1, 0.15) is 5.82 Å². The lowest BCUT2D eigenvalue weighted by Crippen LogP contribution is -2.45. The lowest BCUT2D eigenvalue weighted by molar-refractivity contribution is -0.136. The second-order valence-corrected chi connectivity index (χ2v) is 7.20. The molecule has 0 radical (unpaired) electrons. The number of amides is 2. The van der Waals surface area contributed by atoms with Gasteiger partial charge in [0, 0.05) is 25.3 Å². The van der Waals surface area contributed by atoms with Gasteiger partial charge in [0.2, 0.25) is 0 Å². The highest BCUT2D eigenvalue weighted by atomic mass is 35.5.